The maximum Gasteiger partial charge on any atom is 0.0354 e. The Morgan fingerprint density at radius 1 is 1.44 bits per heavy atom. The summed E-state index contributed by atoms with van der Waals surface area (Å²) in [7, 11) is 0. The topological polar surface area (TPSA) is 32.3 Å². The van der Waals surface area contributed by atoms with Crippen molar-refractivity contribution >= 4 is 0 Å². The second kappa shape index (κ2) is 3.64. The highest BCUT2D eigenvalue weighted by Gasteiger charge is 2.05. The van der Waals surface area contributed by atoms with Crippen LogP contribution in [0.1, 0.15) is 25.7 Å². The van der Waals surface area contributed by atoms with Crippen LogP contribution in [-0.4, -0.2) is 11.2 Å². The van der Waals surface area contributed by atoms with E-state index in [1.54, 1.807) is 0 Å². The van der Waals surface area contributed by atoms with Crippen molar-refractivity contribution in [2.75, 3.05) is 0 Å². The van der Waals surface area contributed by atoms with Gasteiger partial charge in [-0.1, -0.05) is 12.2 Å². The van der Waals surface area contributed by atoms with Gasteiger partial charge in [0.1, 0.15) is 0 Å². The number of hydroxylamine groups is 1. The Labute approximate surface area is 55.5 Å². The summed E-state index contributed by atoms with van der Waals surface area (Å²) >= 11 is 0. The molecule has 1 aliphatic carbocycles. The summed E-state index contributed by atoms with van der Waals surface area (Å²) in [5.74, 6) is 0. The number of hydrogen-bond donors (Lipinski definition) is 2. The summed E-state index contributed by atoms with van der Waals surface area (Å²) in [6.07, 6.45) is 8.71. The van der Waals surface area contributed by atoms with Crippen LogP contribution in [0.3, 0.4) is 0 Å². The van der Waals surface area contributed by atoms with Gasteiger partial charge in [-0.3, -0.25) is 0 Å². The maximum atomic E-state index is 8.53. The van der Waals surface area contributed by atoms with Gasteiger partial charge in [0.05, 0.1) is 0 Å². The fraction of sp³-hybridized carbons (Fsp3) is 0.714. The SMILES string of the molecule is ONC1CC=CCCC1. The Hall–Kier alpha value is -0.340. The quantitative estimate of drug-likeness (QED) is 0.413. The molecule has 0 aromatic heterocycles. The highest BCUT2D eigenvalue weighted by molar-refractivity contribution is 4.89. The van der Waals surface area contributed by atoms with Crippen LogP contribution in [0.5, 0.6) is 0 Å². The van der Waals surface area contributed by atoms with Crippen molar-refractivity contribution in [1.29, 1.82) is 0 Å². The third-order valence-corrected chi connectivity index (χ3v) is 1.69. The van der Waals surface area contributed by atoms with Crippen molar-refractivity contribution < 1.29 is 5.21 Å². The van der Waals surface area contributed by atoms with E-state index in [1.165, 1.54) is 6.42 Å². The molecule has 1 aliphatic rings. The lowest BCUT2D eigenvalue weighted by molar-refractivity contribution is 0.122. The molecule has 0 aliphatic heterocycles. The number of rotatable bonds is 1. The molecule has 1 rings (SSSR count). The van der Waals surface area contributed by atoms with Crippen molar-refractivity contribution in [1.82, 2.24) is 5.48 Å². The summed E-state index contributed by atoms with van der Waals surface area (Å²) in [6, 6.07) is 0.295. The second-order valence-corrected chi connectivity index (χ2v) is 2.46. The Bertz CT molecular complexity index is 101. The highest BCUT2D eigenvalue weighted by atomic mass is 16.5. The van der Waals surface area contributed by atoms with Gasteiger partial charge in [-0.15, -0.1) is 0 Å². The molecule has 2 heteroatoms. The van der Waals surface area contributed by atoms with Gasteiger partial charge in [0.25, 0.3) is 0 Å². The van der Waals surface area contributed by atoms with Gasteiger partial charge in [-0.2, -0.15) is 0 Å². The predicted molar refractivity (Wildman–Crippen MR) is 36.3 cm³/mol. The number of hydrogen-bond acceptors (Lipinski definition) is 2. The molecule has 0 spiro atoms. The van der Waals surface area contributed by atoms with E-state index >= 15 is 0 Å². The predicted octanol–water partition coefficient (Wildman–Crippen LogP) is 1.46. The van der Waals surface area contributed by atoms with Crippen LogP contribution in [0.4, 0.5) is 0 Å². The van der Waals surface area contributed by atoms with Crippen LogP contribution in [-0.2, 0) is 0 Å². The lowest BCUT2D eigenvalue weighted by Crippen LogP contribution is -2.24. The van der Waals surface area contributed by atoms with Crippen molar-refractivity contribution in [3.05, 3.63) is 12.2 Å². The summed E-state index contributed by atoms with van der Waals surface area (Å²) in [5, 5.41) is 8.53. The van der Waals surface area contributed by atoms with E-state index in [1.807, 2.05) is 0 Å². The molecular formula is C7H13NO. The van der Waals surface area contributed by atoms with Gasteiger partial charge in [0, 0.05) is 6.04 Å². The first-order valence-corrected chi connectivity index (χ1v) is 3.48. The summed E-state index contributed by atoms with van der Waals surface area (Å²) in [6.45, 7) is 0. The van der Waals surface area contributed by atoms with E-state index in [4.69, 9.17) is 5.21 Å². The molecule has 2 N–H and O–H groups in total. The first-order chi connectivity index (χ1) is 4.43. The van der Waals surface area contributed by atoms with Crippen LogP contribution < -0.4 is 5.48 Å². The van der Waals surface area contributed by atoms with Crippen LogP contribution in [0.25, 0.3) is 0 Å². The molecule has 2 nitrogen and oxygen atoms in total. The zero-order chi connectivity index (χ0) is 6.53. The molecule has 9 heavy (non-hydrogen) atoms. The molecule has 0 amide bonds. The Morgan fingerprint density at radius 2 is 2.33 bits per heavy atom. The Kier molecular flexibility index (Phi) is 2.74. The van der Waals surface area contributed by atoms with Crippen molar-refractivity contribution in [2.45, 2.75) is 31.7 Å². The Balaban J connectivity index is 2.29. The van der Waals surface area contributed by atoms with E-state index in [2.05, 4.69) is 17.6 Å². The van der Waals surface area contributed by atoms with Crippen LogP contribution in [0.2, 0.25) is 0 Å². The number of allylic oxidation sites excluding steroid dienone is 1. The van der Waals surface area contributed by atoms with Gasteiger partial charge >= 0.3 is 0 Å². The van der Waals surface area contributed by atoms with Crippen LogP contribution in [0, 0.1) is 0 Å². The molecule has 0 radical (unpaired) electrons. The zero-order valence-corrected chi connectivity index (χ0v) is 5.51. The lowest BCUT2D eigenvalue weighted by atomic mass is 10.1. The first-order valence-electron chi connectivity index (χ1n) is 3.48. The van der Waals surface area contributed by atoms with Gasteiger partial charge in [-0.25, -0.2) is 5.48 Å². The molecule has 0 aromatic carbocycles. The van der Waals surface area contributed by atoms with Crippen LogP contribution in [0.15, 0.2) is 12.2 Å². The fourth-order valence-electron chi connectivity index (χ4n) is 1.10. The van der Waals surface area contributed by atoms with Crippen molar-refractivity contribution in [2.24, 2.45) is 0 Å². The molecule has 1 unspecified atom stereocenters. The van der Waals surface area contributed by atoms with Gasteiger partial charge < -0.3 is 5.21 Å². The third kappa shape index (κ3) is 2.16. The summed E-state index contributed by atoms with van der Waals surface area (Å²) < 4.78 is 0. The Morgan fingerprint density at radius 3 is 3.11 bits per heavy atom. The monoisotopic (exact) mass is 127 g/mol. The van der Waals surface area contributed by atoms with E-state index in [0.717, 1.165) is 19.3 Å². The molecule has 0 heterocycles. The first kappa shape index (κ1) is 6.78. The minimum absolute atomic E-state index is 0.295. The average molecular weight is 127 g/mol. The number of nitrogens with one attached hydrogen (secondary N) is 1. The highest BCUT2D eigenvalue weighted by Crippen LogP contribution is 2.10. The lowest BCUT2D eigenvalue weighted by Gasteiger charge is -2.08. The molecule has 0 aromatic rings. The summed E-state index contributed by atoms with van der Waals surface area (Å²) in [4.78, 5) is 0. The minimum atomic E-state index is 0.295. The largest absolute Gasteiger partial charge is 0.317 e. The molecule has 0 fully saturated rings. The second-order valence-electron chi connectivity index (χ2n) is 2.46. The normalized spacial score (nSPS) is 27.9. The zero-order valence-electron chi connectivity index (χ0n) is 5.51. The molecule has 52 valence electrons. The molecule has 0 saturated carbocycles. The van der Waals surface area contributed by atoms with Gasteiger partial charge in [-0.05, 0) is 25.7 Å². The molecular weight excluding hydrogens is 114 g/mol. The fourth-order valence-corrected chi connectivity index (χ4v) is 1.10. The average Bonchev–Trinajstić information content (AvgIpc) is 2.13. The van der Waals surface area contributed by atoms with Gasteiger partial charge in [0.2, 0.25) is 0 Å². The third-order valence-electron chi connectivity index (χ3n) is 1.69. The van der Waals surface area contributed by atoms with Gasteiger partial charge in [0.15, 0.2) is 0 Å². The molecule has 0 bridgehead atoms. The standard InChI is InChI=1S/C7H13NO/c9-8-7-5-3-1-2-4-6-7/h1,3,7-9H,2,4-6H2. The maximum absolute atomic E-state index is 8.53. The van der Waals surface area contributed by atoms with Crippen molar-refractivity contribution in [3.63, 3.8) is 0 Å². The van der Waals surface area contributed by atoms with E-state index in [0.29, 0.717) is 6.04 Å². The van der Waals surface area contributed by atoms with Crippen molar-refractivity contribution in [3.8, 4) is 0 Å². The smallest absolute Gasteiger partial charge is 0.0354 e. The van der Waals surface area contributed by atoms with E-state index in [9.17, 15) is 0 Å². The van der Waals surface area contributed by atoms with E-state index in [-0.39, 0.29) is 0 Å². The van der Waals surface area contributed by atoms with Crippen LogP contribution >= 0.6 is 0 Å². The van der Waals surface area contributed by atoms with E-state index < -0.39 is 0 Å². The summed E-state index contributed by atoms with van der Waals surface area (Å²) in [5.41, 5.74) is 2.29. The molecule has 1 atom stereocenters. The molecule has 0 saturated heterocycles. The minimum Gasteiger partial charge on any atom is -0.317 e.